The van der Waals surface area contributed by atoms with Crippen LogP contribution < -0.4 is 5.32 Å². The number of hydrogen-bond donors (Lipinski definition) is 1. The van der Waals surface area contributed by atoms with Crippen molar-refractivity contribution in [1.29, 1.82) is 0 Å². The molecule has 0 radical (unpaired) electrons. The van der Waals surface area contributed by atoms with Crippen molar-refractivity contribution in [2.24, 2.45) is 0 Å². The van der Waals surface area contributed by atoms with Crippen LogP contribution in [0.2, 0.25) is 0 Å². The minimum Gasteiger partial charge on any atom is -0.460 e. The zero-order valence-electron chi connectivity index (χ0n) is 19.2. The second-order valence-corrected chi connectivity index (χ2v) is 8.27. The third-order valence-corrected chi connectivity index (χ3v) is 4.21. The number of amides is 1. The summed E-state index contributed by atoms with van der Waals surface area (Å²) < 4.78 is 10.8. The smallest absolute Gasteiger partial charge is 0.407 e. The molecule has 6 nitrogen and oxygen atoms in total. The van der Waals surface area contributed by atoms with Crippen LogP contribution in [0.4, 0.5) is 4.79 Å². The molecular weight excluding hydrogens is 380 g/mol. The predicted octanol–water partition coefficient (Wildman–Crippen LogP) is 4.14. The molecule has 0 unspecified atom stereocenters. The number of esters is 1. The number of hydrogen-bond acceptors (Lipinski definition) is 5. The molecule has 1 rings (SSSR count). The summed E-state index contributed by atoms with van der Waals surface area (Å²) in [6.07, 6.45) is 0.967. The third-order valence-electron chi connectivity index (χ3n) is 4.21. The van der Waals surface area contributed by atoms with Crippen molar-refractivity contribution >= 4 is 12.1 Å². The average Bonchev–Trinajstić information content (AvgIpc) is 2.67. The van der Waals surface area contributed by atoms with Gasteiger partial charge in [0.25, 0.3) is 0 Å². The van der Waals surface area contributed by atoms with Crippen LogP contribution in [-0.4, -0.2) is 47.7 Å². The highest BCUT2D eigenvalue weighted by Gasteiger charge is 2.25. The monoisotopic (exact) mass is 416 g/mol. The molecule has 0 spiro atoms. The van der Waals surface area contributed by atoms with Crippen LogP contribution >= 0.6 is 0 Å². The Morgan fingerprint density at radius 2 is 1.80 bits per heavy atom. The fourth-order valence-corrected chi connectivity index (χ4v) is 2.76. The molecule has 0 heterocycles. The summed E-state index contributed by atoms with van der Waals surface area (Å²) >= 11 is 0. The van der Waals surface area contributed by atoms with Crippen molar-refractivity contribution in [3.05, 3.63) is 35.9 Å². The lowest BCUT2D eigenvalue weighted by Gasteiger charge is -2.30. The fraction of sp³-hybridized carbons (Fsp3) is 0.583. The summed E-state index contributed by atoms with van der Waals surface area (Å²) in [5.41, 5.74) is 0.381. The van der Waals surface area contributed by atoms with Gasteiger partial charge in [-0.3, -0.25) is 9.69 Å². The van der Waals surface area contributed by atoms with Crippen molar-refractivity contribution in [2.45, 2.75) is 78.7 Å². The lowest BCUT2D eigenvalue weighted by Crippen LogP contribution is -2.49. The number of benzene rings is 1. The van der Waals surface area contributed by atoms with Crippen molar-refractivity contribution in [1.82, 2.24) is 10.2 Å². The van der Waals surface area contributed by atoms with E-state index in [1.54, 1.807) is 0 Å². The molecule has 0 saturated carbocycles. The number of ether oxygens (including phenoxy) is 2. The Labute approximate surface area is 181 Å². The van der Waals surface area contributed by atoms with E-state index in [4.69, 9.17) is 9.47 Å². The van der Waals surface area contributed by atoms with E-state index in [9.17, 15) is 9.59 Å². The van der Waals surface area contributed by atoms with E-state index < -0.39 is 17.7 Å². The molecule has 0 saturated heterocycles. The molecule has 0 aliphatic heterocycles. The Balaban J connectivity index is 2.69. The van der Waals surface area contributed by atoms with E-state index in [0.29, 0.717) is 19.5 Å². The molecule has 1 aromatic rings. The van der Waals surface area contributed by atoms with Gasteiger partial charge in [0.2, 0.25) is 0 Å². The normalized spacial score (nSPS) is 13.0. The highest BCUT2D eigenvalue weighted by Crippen LogP contribution is 2.09. The number of carbonyl (C=O) groups excluding carboxylic acids is 2. The molecule has 1 aromatic carbocycles. The highest BCUT2D eigenvalue weighted by atomic mass is 16.6. The first-order valence-corrected chi connectivity index (χ1v) is 10.5. The van der Waals surface area contributed by atoms with E-state index in [0.717, 1.165) is 12.0 Å². The summed E-state index contributed by atoms with van der Waals surface area (Å²) in [6, 6.07) is 8.92. The Bertz CT molecular complexity index is 716. The number of rotatable bonds is 9. The van der Waals surface area contributed by atoms with E-state index in [1.165, 1.54) is 0 Å². The van der Waals surface area contributed by atoms with E-state index in [2.05, 4.69) is 17.2 Å². The van der Waals surface area contributed by atoms with Gasteiger partial charge in [-0.15, -0.1) is 11.8 Å². The summed E-state index contributed by atoms with van der Waals surface area (Å²) in [6.45, 7) is 12.5. The van der Waals surface area contributed by atoms with Crippen LogP contribution in [0.3, 0.4) is 0 Å². The van der Waals surface area contributed by atoms with Gasteiger partial charge < -0.3 is 14.8 Å². The van der Waals surface area contributed by atoms with Gasteiger partial charge in [0.15, 0.2) is 0 Å². The molecule has 0 aliphatic rings. The Hall–Kier alpha value is -2.52. The minimum absolute atomic E-state index is 0.205. The van der Waals surface area contributed by atoms with Gasteiger partial charge in [-0.05, 0) is 40.2 Å². The van der Waals surface area contributed by atoms with Crippen LogP contribution in [-0.2, 0) is 20.9 Å². The molecule has 0 bridgehead atoms. The van der Waals surface area contributed by atoms with E-state index in [1.807, 2.05) is 76.8 Å². The molecule has 1 amide bonds. The lowest BCUT2D eigenvalue weighted by molar-refractivity contribution is -0.150. The fourth-order valence-electron chi connectivity index (χ4n) is 2.76. The summed E-state index contributed by atoms with van der Waals surface area (Å²) in [4.78, 5) is 26.7. The third kappa shape index (κ3) is 10.9. The first kappa shape index (κ1) is 25.5. The minimum atomic E-state index is -0.562. The zero-order valence-corrected chi connectivity index (χ0v) is 19.2. The Morgan fingerprint density at radius 3 is 2.40 bits per heavy atom. The summed E-state index contributed by atoms with van der Waals surface area (Å²) in [5.74, 6) is 5.85. The lowest BCUT2D eigenvalue weighted by atomic mass is 10.2. The Kier molecular flexibility index (Phi) is 11.0. The van der Waals surface area contributed by atoms with Crippen molar-refractivity contribution in [3.8, 4) is 11.8 Å². The largest absolute Gasteiger partial charge is 0.460 e. The van der Waals surface area contributed by atoms with Crippen LogP contribution in [0.15, 0.2) is 30.3 Å². The molecule has 1 N–H and O–H groups in total. The topological polar surface area (TPSA) is 67.9 Å². The quantitative estimate of drug-likeness (QED) is 0.484. The van der Waals surface area contributed by atoms with Gasteiger partial charge in [0.1, 0.15) is 18.2 Å². The standard InChI is InChI=1S/C24H36N2O4/c1-7-8-9-13-16-26(17-19(2)25-23(28)30-24(4,5)6)20(3)22(27)29-18-21-14-11-10-12-15-21/h10-12,14-15,19-20H,7,13,16-18H2,1-6H3,(H,25,28)/t19-,20+/m1/s1. The molecule has 166 valence electrons. The first-order valence-electron chi connectivity index (χ1n) is 10.5. The van der Waals surface area contributed by atoms with Crippen LogP contribution in [0.1, 0.15) is 59.9 Å². The molecule has 2 atom stereocenters. The number of nitrogens with zero attached hydrogens (tertiary/aromatic N) is 1. The summed E-state index contributed by atoms with van der Waals surface area (Å²) in [7, 11) is 0. The maximum absolute atomic E-state index is 12.6. The van der Waals surface area contributed by atoms with Gasteiger partial charge in [-0.25, -0.2) is 4.79 Å². The Morgan fingerprint density at radius 1 is 1.13 bits per heavy atom. The van der Waals surface area contributed by atoms with Gasteiger partial charge in [0.05, 0.1) is 0 Å². The van der Waals surface area contributed by atoms with Gasteiger partial charge in [0, 0.05) is 32.0 Å². The van der Waals surface area contributed by atoms with Gasteiger partial charge in [-0.1, -0.05) is 37.3 Å². The van der Waals surface area contributed by atoms with Gasteiger partial charge >= 0.3 is 12.1 Å². The predicted molar refractivity (Wildman–Crippen MR) is 119 cm³/mol. The van der Waals surface area contributed by atoms with Crippen molar-refractivity contribution in [3.63, 3.8) is 0 Å². The number of carbonyl (C=O) groups is 2. The number of alkyl carbamates (subject to hydrolysis) is 1. The van der Waals surface area contributed by atoms with Crippen LogP contribution in [0.5, 0.6) is 0 Å². The second kappa shape index (κ2) is 12.9. The molecule has 0 aliphatic carbocycles. The summed E-state index contributed by atoms with van der Waals surface area (Å²) in [5, 5.41) is 2.83. The SMILES string of the molecule is CCC#CCCN(C[C@@H](C)NC(=O)OC(C)(C)C)[C@@H](C)C(=O)OCc1ccccc1. The zero-order chi connectivity index (χ0) is 22.6. The van der Waals surface area contributed by atoms with Crippen LogP contribution in [0, 0.1) is 11.8 Å². The van der Waals surface area contributed by atoms with E-state index in [-0.39, 0.29) is 18.6 Å². The first-order chi connectivity index (χ1) is 14.1. The maximum atomic E-state index is 12.6. The van der Waals surface area contributed by atoms with Crippen molar-refractivity contribution < 1.29 is 19.1 Å². The maximum Gasteiger partial charge on any atom is 0.407 e. The van der Waals surface area contributed by atoms with E-state index >= 15 is 0 Å². The molecule has 30 heavy (non-hydrogen) atoms. The molecular formula is C24H36N2O4. The molecule has 0 fully saturated rings. The van der Waals surface area contributed by atoms with Crippen molar-refractivity contribution in [2.75, 3.05) is 13.1 Å². The average molecular weight is 417 g/mol. The van der Waals surface area contributed by atoms with Crippen LogP contribution in [0.25, 0.3) is 0 Å². The number of nitrogens with one attached hydrogen (secondary N) is 1. The highest BCUT2D eigenvalue weighted by molar-refractivity contribution is 5.75. The van der Waals surface area contributed by atoms with Gasteiger partial charge in [-0.2, -0.15) is 0 Å². The molecule has 0 aromatic heterocycles. The second-order valence-electron chi connectivity index (χ2n) is 8.27. The molecule has 6 heteroatoms.